The van der Waals surface area contributed by atoms with Crippen LogP contribution in [0.5, 0.6) is 11.5 Å². The number of hydrogen-bond donors (Lipinski definition) is 2. The number of ether oxygens (including phenoxy) is 1. The van der Waals surface area contributed by atoms with Crippen LogP contribution >= 0.6 is 27.5 Å². The summed E-state index contributed by atoms with van der Waals surface area (Å²) >= 11 is 9.75. The van der Waals surface area contributed by atoms with Crippen LogP contribution < -0.4 is 15.2 Å². The molecule has 2 N–H and O–H groups in total. The second kappa shape index (κ2) is 13.9. The molecule has 2 aliphatic carbocycles. The van der Waals surface area contributed by atoms with Crippen LogP contribution in [0.15, 0.2) is 95.0 Å². The maximum atomic E-state index is 15.4. The van der Waals surface area contributed by atoms with E-state index in [4.69, 9.17) is 16.3 Å². The molecule has 3 aromatic carbocycles. The number of phenolic OH excluding ortho intramolecular Hbond substituents is 1. The van der Waals surface area contributed by atoms with Gasteiger partial charge in [0.2, 0.25) is 0 Å². The molecule has 0 radical (unpaired) electrons. The average molecular weight is 865 g/mol. The van der Waals surface area contributed by atoms with Crippen molar-refractivity contribution in [2.45, 2.75) is 37.3 Å². The number of halogens is 5. The Balaban J connectivity index is 1.29. The van der Waals surface area contributed by atoms with Gasteiger partial charge in [0.15, 0.2) is 17.3 Å². The van der Waals surface area contributed by atoms with E-state index in [1.807, 2.05) is 25.1 Å². The zero-order valence-corrected chi connectivity index (χ0v) is 32.9. The molecule has 57 heavy (non-hydrogen) atoms. The lowest BCUT2D eigenvalue weighted by Gasteiger charge is -2.50. The van der Waals surface area contributed by atoms with Gasteiger partial charge >= 0.3 is 6.18 Å². The number of methoxy groups -OCH3 is 1. The van der Waals surface area contributed by atoms with E-state index in [-0.39, 0.29) is 33.8 Å². The first-order valence-corrected chi connectivity index (χ1v) is 19.1. The Labute approximate surface area is 338 Å². The SMILES string of the molecule is COc1cc(C2C3=CCC4C(=O)N(N(C)c5nc(C(F)(F)F)ccc5Cl)C(=O)C4C3CC3C(=O)N(Nc4ccc(C)cc4)C(=O)C32c2ccccc2)cc(Br)c1O. The quantitative estimate of drug-likeness (QED) is 0.143. The van der Waals surface area contributed by atoms with Crippen molar-refractivity contribution in [2.24, 2.45) is 23.7 Å². The maximum absolute atomic E-state index is 15.4. The number of hydrogen-bond acceptors (Lipinski definition) is 9. The molecule has 11 nitrogen and oxygen atoms in total. The molecule has 3 heterocycles. The summed E-state index contributed by atoms with van der Waals surface area (Å²) in [6.07, 6.45) is -2.97. The zero-order valence-electron chi connectivity index (χ0n) is 30.6. The van der Waals surface area contributed by atoms with Crippen molar-refractivity contribution < 1.29 is 42.2 Å². The van der Waals surface area contributed by atoms with Crippen LogP contribution in [-0.4, -0.2) is 57.9 Å². The first kappa shape index (κ1) is 38.5. The summed E-state index contributed by atoms with van der Waals surface area (Å²) in [4.78, 5) is 62.8. The highest BCUT2D eigenvalue weighted by atomic mass is 79.9. The van der Waals surface area contributed by atoms with Gasteiger partial charge in [-0.15, -0.1) is 0 Å². The smallest absolute Gasteiger partial charge is 0.433 e. The summed E-state index contributed by atoms with van der Waals surface area (Å²) in [5.74, 6) is -7.83. The standard InChI is InChI=1S/C41H34BrClF3N5O6/c1-20-9-11-23(12-10-20)48-50-37(54)27-19-26-24(33(21-17-28(42)34(52)30(18-21)57-3)40(27,39(50)56)22-7-5-4-6-8-22)13-14-25-32(26)38(55)51(36(25)53)49(2)35-29(43)15-16-31(47-35)41(44,45)46/h4-13,15-18,25-27,32-33,48,52H,14,19H2,1-3H3. The molecule has 6 unspecified atom stereocenters. The fourth-order valence-electron chi connectivity index (χ4n) is 9.23. The van der Waals surface area contributed by atoms with Crippen molar-refractivity contribution in [3.05, 3.63) is 122 Å². The van der Waals surface area contributed by atoms with E-state index in [2.05, 4.69) is 26.3 Å². The molecule has 2 aliphatic heterocycles. The summed E-state index contributed by atoms with van der Waals surface area (Å²) in [6, 6.07) is 21.0. The van der Waals surface area contributed by atoms with Crippen molar-refractivity contribution in [2.75, 3.05) is 24.6 Å². The van der Waals surface area contributed by atoms with Gasteiger partial charge in [0.1, 0.15) is 5.69 Å². The number of aromatic nitrogens is 1. The van der Waals surface area contributed by atoms with E-state index in [1.165, 1.54) is 14.2 Å². The predicted molar refractivity (Wildman–Crippen MR) is 206 cm³/mol. The minimum absolute atomic E-state index is 0.0232. The number of imide groups is 2. The van der Waals surface area contributed by atoms with Crippen molar-refractivity contribution in [3.63, 3.8) is 0 Å². The summed E-state index contributed by atoms with van der Waals surface area (Å²) in [5.41, 5.74) is 3.29. The van der Waals surface area contributed by atoms with Crippen LogP contribution in [0.1, 0.15) is 41.1 Å². The molecule has 8 rings (SSSR count). The molecular weight excluding hydrogens is 831 g/mol. The molecule has 4 aromatic rings. The number of aromatic hydroxyl groups is 1. The number of rotatable bonds is 7. The molecule has 4 amide bonds. The number of pyridine rings is 1. The number of nitrogens with zero attached hydrogens (tertiary/aromatic N) is 4. The number of anilines is 2. The summed E-state index contributed by atoms with van der Waals surface area (Å²) in [6.45, 7) is 1.91. The van der Waals surface area contributed by atoms with Crippen LogP contribution in [0.25, 0.3) is 0 Å². The molecule has 294 valence electrons. The van der Waals surface area contributed by atoms with Crippen LogP contribution in [0.3, 0.4) is 0 Å². The number of phenols is 1. The van der Waals surface area contributed by atoms with E-state index in [0.29, 0.717) is 28.5 Å². The Hall–Kier alpha value is -5.41. The molecule has 4 aliphatic rings. The van der Waals surface area contributed by atoms with Crippen molar-refractivity contribution >= 4 is 62.7 Å². The van der Waals surface area contributed by atoms with E-state index in [1.54, 1.807) is 54.6 Å². The minimum atomic E-state index is -4.83. The second-order valence-electron chi connectivity index (χ2n) is 14.7. The normalized spacial score (nSPS) is 25.5. The highest BCUT2D eigenvalue weighted by Gasteiger charge is 2.70. The van der Waals surface area contributed by atoms with Crippen LogP contribution in [0.4, 0.5) is 24.7 Å². The number of nitrogens with one attached hydrogen (secondary N) is 1. The fraction of sp³-hybridized carbons (Fsp3) is 0.293. The van der Waals surface area contributed by atoms with Gasteiger partial charge in [-0.05, 0) is 89.1 Å². The van der Waals surface area contributed by atoms with Gasteiger partial charge in [0, 0.05) is 13.0 Å². The molecule has 0 spiro atoms. The van der Waals surface area contributed by atoms with Gasteiger partial charge in [-0.1, -0.05) is 71.3 Å². The Kier molecular flexibility index (Phi) is 9.38. The first-order valence-electron chi connectivity index (χ1n) is 18.0. The van der Waals surface area contributed by atoms with Crippen LogP contribution in [0, 0.1) is 30.6 Å². The molecule has 1 aromatic heterocycles. The number of benzene rings is 3. The number of aryl methyl sites for hydroxylation is 1. The van der Waals surface area contributed by atoms with Crippen molar-refractivity contribution in [1.29, 1.82) is 0 Å². The minimum Gasteiger partial charge on any atom is -0.503 e. The number of hydrazine groups is 2. The Bertz CT molecular complexity index is 2380. The van der Waals surface area contributed by atoms with E-state index < -0.39 is 76.3 Å². The molecule has 3 fully saturated rings. The van der Waals surface area contributed by atoms with E-state index in [9.17, 15) is 32.7 Å². The third-order valence-electron chi connectivity index (χ3n) is 11.7. The van der Waals surface area contributed by atoms with Crippen molar-refractivity contribution in [3.8, 4) is 11.5 Å². The van der Waals surface area contributed by atoms with Gasteiger partial charge in [-0.25, -0.2) is 4.98 Å². The zero-order chi connectivity index (χ0) is 40.7. The number of carbonyl (C=O) groups is 4. The van der Waals surface area contributed by atoms with Crippen LogP contribution in [-0.2, 0) is 30.8 Å². The Morgan fingerprint density at radius 3 is 2.35 bits per heavy atom. The van der Waals surface area contributed by atoms with Crippen LogP contribution in [0.2, 0.25) is 5.02 Å². The first-order chi connectivity index (χ1) is 27.1. The molecule has 16 heteroatoms. The van der Waals surface area contributed by atoms with Gasteiger partial charge in [-0.2, -0.15) is 23.2 Å². The Morgan fingerprint density at radius 1 is 0.982 bits per heavy atom. The lowest BCUT2D eigenvalue weighted by atomic mass is 9.49. The van der Waals surface area contributed by atoms with Gasteiger partial charge in [0.25, 0.3) is 23.6 Å². The lowest BCUT2D eigenvalue weighted by molar-refractivity contribution is -0.142. The summed E-state index contributed by atoms with van der Waals surface area (Å²) in [5, 5.41) is 13.4. The number of alkyl halides is 3. The fourth-order valence-corrected chi connectivity index (χ4v) is 9.92. The average Bonchev–Trinajstić information content (AvgIpc) is 3.57. The summed E-state index contributed by atoms with van der Waals surface area (Å²) < 4.78 is 47.0. The number of allylic oxidation sites excluding steroid dienone is 2. The van der Waals surface area contributed by atoms with Crippen molar-refractivity contribution in [1.82, 2.24) is 15.0 Å². The van der Waals surface area contributed by atoms with Gasteiger partial charge in [0.05, 0.1) is 45.5 Å². The van der Waals surface area contributed by atoms with E-state index >= 15 is 4.79 Å². The molecule has 1 saturated carbocycles. The highest BCUT2D eigenvalue weighted by Crippen LogP contribution is 2.64. The third kappa shape index (κ3) is 5.87. The van der Waals surface area contributed by atoms with Gasteiger partial charge < -0.3 is 9.84 Å². The maximum Gasteiger partial charge on any atom is 0.433 e. The third-order valence-corrected chi connectivity index (χ3v) is 12.6. The Morgan fingerprint density at radius 2 is 1.68 bits per heavy atom. The largest absolute Gasteiger partial charge is 0.503 e. The lowest BCUT2D eigenvalue weighted by Crippen LogP contribution is -2.53. The highest BCUT2D eigenvalue weighted by molar-refractivity contribution is 9.10. The molecule has 2 saturated heterocycles. The monoisotopic (exact) mass is 863 g/mol. The number of fused-ring (bicyclic) bond motifs is 4. The number of amides is 4. The summed E-state index contributed by atoms with van der Waals surface area (Å²) in [7, 11) is 2.63. The second-order valence-corrected chi connectivity index (χ2v) is 15.9. The number of carbonyl (C=O) groups excluding carboxylic acids is 4. The van der Waals surface area contributed by atoms with Gasteiger partial charge in [-0.3, -0.25) is 29.6 Å². The molecular formula is C41H34BrClF3N5O6. The van der Waals surface area contributed by atoms with E-state index in [0.717, 1.165) is 26.7 Å². The predicted octanol–water partition coefficient (Wildman–Crippen LogP) is 7.58. The molecule has 0 bridgehead atoms. The molecule has 6 atom stereocenters. The topological polar surface area (TPSA) is 132 Å².